The van der Waals surface area contributed by atoms with Gasteiger partial charge in [0.15, 0.2) is 0 Å². The number of ether oxygens (including phenoxy) is 3. The molecular weight excluding hydrogens is 392 g/mol. The predicted molar refractivity (Wildman–Crippen MR) is 122 cm³/mol. The van der Waals surface area contributed by atoms with Crippen molar-refractivity contribution in [3.63, 3.8) is 0 Å². The van der Waals surface area contributed by atoms with Crippen LogP contribution in [0.2, 0.25) is 0 Å². The molecule has 1 aliphatic heterocycles. The Balaban J connectivity index is 1.41. The van der Waals surface area contributed by atoms with Gasteiger partial charge < -0.3 is 19.1 Å². The molecule has 0 spiro atoms. The minimum atomic E-state index is -0.524. The third-order valence-corrected chi connectivity index (χ3v) is 5.31. The molecule has 0 saturated carbocycles. The van der Waals surface area contributed by atoms with Gasteiger partial charge in [0.1, 0.15) is 11.5 Å². The molecule has 0 unspecified atom stereocenters. The number of carbonyl (C=O) groups is 1. The van der Waals surface area contributed by atoms with Gasteiger partial charge in [-0.05, 0) is 72.1 Å². The second-order valence-corrected chi connectivity index (χ2v) is 7.37. The summed E-state index contributed by atoms with van der Waals surface area (Å²) < 4.78 is 16.1. The van der Waals surface area contributed by atoms with E-state index in [1.807, 2.05) is 67.6 Å². The molecule has 0 bridgehead atoms. The zero-order chi connectivity index (χ0) is 21.6. The second-order valence-electron chi connectivity index (χ2n) is 7.37. The molecule has 1 saturated heterocycles. The zero-order valence-corrected chi connectivity index (χ0v) is 17.8. The van der Waals surface area contributed by atoms with Gasteiger partial charge in [0.2, 0.25) is 0 Å². The first-order valence-corrected chi connectivity index (χ1v) is 10.3. The molecular formula is C25H26N2O4. The van der Waals surface area contributed by atoms with Crippen LogP contribution in [0.5, 0.6) is 11.5 Å². The third kappa shape index (κ3) is 5.16. The summed E-state index contributed by atoms with van der Waals surface area (Å²) in [6.07, 6.45) is -0.524. The summed E-state index contributed by atoms with van der Waals surface area (Å²) in [5.74, 6) is 1.28. The first-order valence-electron chi connectivity index (χ1n) is 10.3. The van der Waals surface area contributed by atoms with Crippen LogP contribution in [0.15, 0.2) is 66.7 Å². The number of hydrogen-bond donors (Lipinski definition) is 1. The average Bonchev–Trinajstić information content (AvgIpc) is 2.81. The molecule has 1 aliphatic rings. The normalized spacial score (nSPS) is 13.5. The van der Waals surface area contributed by atoms with Gasteiger partial charge in [-0.15, -0.1) is 0 Å². The van der Waals surface area contributed by atoms with Gasteiger partial charge in [0.25, 0.3) is 0 Å². The Hall–Kier alpha value is -3.51. The van der Waals surface area contributed by atoms with Crippen molar-refractivity contribution in [2.45, 2.75) is 6.92 Å². The Morgan fingerprint density at radius 1 is 0.935 bits per heavy atom. The molecule has 3 aromatic rings. The summed E-state index contributed by atoms with van der Waals surface area (Å²) in [5, 5.41) is 2.79. The standard InChI is InChI=1S/C25H26N2O4/c1-18-3-10-23(17-24(18)19-4-11-22(29-2)12-5-19)31-25(28)26-20-6-8-21(9-7-20)27-13-15-30-16-14-27/h3-12,17H,13-16H2,1-2H3,(H,26,28). The van der Waals surface area contributed by atoms with Crippen LogP contribution in [-0.2, 0) is 4.74 Å². The van der Waals surface area contributed by atoms with Crippen molar-refractivity contribution in [1.82, 2.24) is 0 Å². The van der Waals surface area contributed by atoms with Gasteiger partial charge >= 0.3 is 6.09 Å². The van der Waals surface area contributed by atoms with E-state index >= 15 is 0 Å². The quantitative estimate of drug-likeness (QED) is 0.623. The maximum absolute atomic E-state index is 12.4. The fraction of sp³-hybridized carbons (Fsp3) is 0.240. The molecule has 1 N–H and O–H groups in total. The lowest BCUT2D eigenvalue weighted by Gasteiger charge is -2.28. The molecule has 0 atom stereocenters. The number of rotatable bonds is 5. The van der Waals surface area contributed by atoms with Crippen LogP contribution in [0.1, 0.15) is 5.56 Å². The summed E-state index contributed by atoms with van der Waals surface area (Å²) in [6.45, 7) is 5.25. The largest absolute Gasteiger partial charge is 0.497 e. The molecule has 0 aliphatic carbocycles. The fourth-order valence-electron chi connectivity index (χ4n) is 3.57. The molecule has 0 aromatic heterocycles. The Labute approximate surface area is 182 Å². The lowest BCUT2D eigenvalue weighted by atomic mass is 10.0. The number of carbonyl (C=O) groups excluding carboxylic acids is 1. The van der Waals surface area contributed by atoms with E-state index < -0.39 is 6.09 Å². The van der Waals surface area contributed by atoms with Crippen LogP contribution in [0, 0.1) is 6.92 Å². The highest BCUT2D eigenvalue weighted by atomic mass is 16.6. The third-order valence-electron chi connectivity index (χ3n) is 5.31. The maximum atomic E-state index is 12.4. The van der Waals surface area contributed by atoms with Crippen LogP contribution < -0.4 is 19.7 Å². The van der Waals surface area contributed by atoms with Crippen molar-refractivity contribution in [3.8, 4) is 22.6 Å². The second kappa shape index (κ2) is 9.53. The number of methoxy groups -OCH3 is 1. The highest BCUT2D eigenvalue weighted by molar-refractivity contribution is 5.87. The number of nitrogens with one attached hydrogen (secondary N) is 1. The van der Waals surface area contributed by atoms with E-state index in [1.54, 1.807) is 13.2 Å². The van der Waals surface area contributed by atoms with Crippen LogP contribution >= 0.6 is 0 Å². The molecule has 1 amide bonds. The van der Waals surface area contributed by atoms with Crippen molar-refractivity contribution < 1.29 is 19.0 Å². The van der Waals surface area contributed by atoms with Crippen LogP contribution in [-0.4, -0.2) is 39.5 Å². The van der Waals surface area contributed by atoms with E-state index in [2.05, 4.69) is 10.2 Å². The summed E-state index contributed by atoms with van der Waals surface area (Å²) in [7, 11) is 1.64. The van der Waals surface area contributed by atoms with E-state index in [0.29, 0.717) is 11.4 Å². The SMILES string of the molecule is COc1ccc(-c2cc(OC(=O)Nc3ccc(N4CCOCC4)cc3)ccc2C)cc1. The topological polar surface area (TPSA) is 60.0 Å². The van der Waals surface area contributed by atoms with Crippen molar-refractivity contribution >= 4 is 17.5 Å². The van der Waals surface area contributed by atoms with Crippen molar-refractivity contribution in [3.05, 3.63) is 72.3 Å². The number of anilines is 2. The maximum Gasteiger partial charge on any atom is 0.417 e. The Bertz CT molecular complexity index is 1030. The number of nitrogens with zero attached hydrogens (tertiary/aromatic N) is 1. The van der Waals surface area contributed by atoms with E-state index in [0.717, 1.165) is 54.4 Å². The van der Waals surface area contributed by atoms with Gasteiger partial charge in [0.05, 0.1) is 20.3 Å². The first kappa shape index (κ1) is 20.8. The van der Waals surface area contributed by atoms with Gasteiger partial charge in [-0.2, -0.15) is 0 Å². The highest BCUT2D eigenvalue weighted by Gasteiger charge is 2.12. The lowest BCUT2D eigenvalue weighted by molar-refractivity contribution is 0.122. The summed E-state index contributed by atoms with van der Waals surface area (Å²) >= 11 is 0. The van der Waals surface area contributed by atoms with Gasteiger partial charge in [-0.3, -0.25) is 5.32 Å². The van der Waals surface area contributed by atoms with Gasteiger partial charge in [-0.1, -0.05) is 18.2 Å². The number of aryl methyl sites for hydroxylation is 1. The minimum Gasteiger partial charge on any atom is -0.497 e. The minimum absolute atomic E-state index is 0.485. The van der Waals surface area contributed by atoms with Crippen molar-refractivity contribution in [2.75, 3.05) is 43.6 Å². The van der Waals surface area contributed by atoms with E-state index in [4.69, 9.17) is 14.2 Å². The molecule has 1 heterocycles. The van der Waals surface area contributed by atoms with E-state index in [-0.39, 0.29) is 0 Å². The van der Waals surface area contributed by atoms with Gasteiger partial charge in [0, 0.05) is 24.5 Å². The van der Waals surface area contributed by atoms with Gasteiger partial charge in [-0.25, -0.2) is 4.79 Å². The molecule has 4 rings (SSSR count). The lowest BCUT2D eigenvalue weighted by Crippen LogP contribution is -2.36. The first-order chi connectivity index (χ1) is 15.1. The van der Waals surface area contributed by atoms with Crippen LogP contribution in [0.4, 0.5) is 16.2 Å². The number of morpholine rings is 1. The summed E-state index contributed by atoms with van der Waals surface area (Å²) in [4.78, 5) is 14.7. The molecule has 3 aromatic carbocycles. The van der Waals surface area contributed by atoms with Crippen LogP contribution in [0.3, 0.4) is 0 Å². The molecule has 6 nitrogen and oxygen atoms in total. The Morgan fingerprint density at radius 3 is 2.29 bits per heavy atom. The molecule has 0 radical (unpaired) electrons. The van der Waals surface area contributed by atoms with E-state index in [1.165, 1.54) is 0 Å². The number of amides is 1. The monoisotopic (exact) mass is 418 g/mol. The average molecular weight is 418 g/mol. The van der Waals surface area contributed by atoms with E-state index in [9.17, 15) is 4.79 Å². The summed E-state index contributed by atoms with van der Waals surface area (Å²) in [5.41, 5.74) is 4.93. The van der Waals surface area contributed by atoms with Crippen molar-refractivity contribution in [2.24, 2.45) is 0 Å². The summed E-state index contributed by atoms with van der Waals surface area (Å²) in [6, 6.07) is 21.2. The zero-order valence-electron chi connectivity index (χ0n) is 17.8. The number of hydrogen-bond acceptors (Lipinski definition) is 5. The Morgan fingerprint density at radius 2 is 1.61 bits per heavy atom. The van der Waals surface area contributed by atoms with Crippen molar-refractivity contribution in [1.29, 1.82) is 0 Å². The fourth-order valence-corrected chi connectivity index (χ4v) is 3.57. The molecule has 160 valence electrons. The van der Waals surface area contributed by atoms with Crippen LogP contribution in [0.25, 0.3) is 11.1 Å². The smallest absolute Gasteiger partial charge is 0.417 e. The molecule has 31 heavy (non-hydrogen) atoms. The number of benzene rings is 3. The molecule has 1 fully saturated rings. The predicted octanol–water partition coefficient (Wildman–Crippen LogP) is 5.12. The highest BCUT2D eigenvalue weighted by Crippen LogP contribution is 2.29. The molecule has 6 heteroatoms. The Kier molecular flexibility index (Phi) is 6.38.